The van der Waals surface area contributed by atoms with E-state index in [0.717, 1.165) is 25.7 Å². The zero-order chi connectivity index (χ0) is 17.2. The maximum Gasteiger partial charge on any atom is 0.305 e. The zero-order valence-electron chi connectivity index (χ0n) is 15.2. The van der Waals surface area contributed by atoms with Crippen molar-refractivity contribution in [3.63, 3.8) is 0 Å². The number of unbranched alkanes of at least 4 members (excludes halogenated alkanes) is 11. The third kappa shape index (κ3) is 18.9. The number of rotatable bonds is 16. The molecule has 0 unspecified atom stereocenters. The van der Waals surface area contributed by atoms with E-state index in [2.05, 4.69) is 0 Å². The van der Waals surface area contributed by atoms with E-state index in [4.69, 9.17) is 9.47 Å². The highest BCUT2D eigenvalue weighted by molar-refractivity contribution is 5.69. The molecule has 0 atom stereocenters. The highest BCUT2D eigenvalue weighted by Gasteiger charge is 2.00. The van der Waals surface area contributed by atoms with Crippen LogP contribution in [0.3, 0.4) is 0 Å². The van der Waals surface area contributed by atoms with E-state index in [9.17, 15) is 9.59 Å². The molecular weight excluding hydrogens is 292 g/mol. The maximum atomic E-state index is 11.1. The fraction of sp³-hybridized carbons (Fsp3) is 0.895. The largest absolute Gasteiger partial charge is 0.466 e. The highest BCUT2D eigenvalue weighted by atomic mass is 16.5. The van der Waals surface area contributed by atoms with Gasteiger partial charge in [0, 0.05) is 13.3 Å². The molecule has 0 spiro atoms. The first kappa shape index (κ1) is 21.9. The van der Waals surface area contributed by atoms with Crippen molar-refractivity contribution in [2.45, 2.75) is 97.3 Å². The third-order valence-corrected chi connectivity index (χ3v) is 3.89. The first-order valence-electron chi connectivity index (χ1n) is 9.45. The molecule has 0 saturated carbocycles. The quantitative estimate of drug-likeness (QED) is 0.289. The Kier molecular flexibility index (Phi) is 16.5. The predicted octanol–water partition coefficient (Wildman–Crippen LogP) is 5.18. The van der Waals surface area contributed by atoms with Crippen molar-refractivity contribution in [2.24, 2.45) is 0 Å². The molecule has 0 aliphatic heterocycles. The van der Waals surface area contributed by atoms with Gasteiger partial charge < -0.3 is 9.47 Å². The highest BCUT2D eigenvalue weighted by Crippen LogP contribution is 2.12. The number of esters is 2. The Balaban J connectivity index is 3.05. The predicted molar refractivity (Wildman–Crippen MR) is 93.3 cm³/mol. The second-order valence-corrected chi connectivity index (χ2v) is 6.14. The van der Waals surface area contributed by atoms with Crippen LogP contribution >= 0.6 is 0 Å². The average Bonchev–Trinajstić information content (AvgIpc) is 2.51. The van der Waals surface area contributed by atoms with Crippen LogP contribution in [0.15, 0.2) is 0 Å². The van der Waals surface area contributed by atoms with Gasteiger partial charge in [-0.25, -0.2) is 0 Å². The van der Waals surface area contributed by atoms with Gasteiger partial charge >= 0.3 is 11.9 Å². The van der Waals surface area contributed by atoms with Crippen LogP contribution in [0.1, 0.15) is 97.3 Å². The van der Waals surface area contributed by atoms with Crippen molar-refractivity contribution < 1.29 is 19.1 Å². The summed E-state index contributed by atoms with van der Waals surface area (Å²) in [5.74, 6) is -0.230. The molecule has 4 heteroatoms. The van der Waals surface area contributed by atoms with Crippen molar-refractivity contribution in [3.8, 4) is 0 Å². The Morgan fingerprint density at radius 3 is 1.52 bits per heavy atom. The lowest BCUT2D eigenvalue weighted by atomic mass is 10.0. The Labute approximate surface area is 142 Å². The van der Waals surface area contributed by atoms with Crippen LogP contribution in [0.25, 0.3) is 0 Å². The molecule has 0 heterocycles. The minimum atomic E-state index is -0.175. The van der Waals surface area contributed by atoms with Gasteiger partial charge in [0.05, 0.1) is 13.2 Å². The van der Waals surface area contributed by atoms with E-state index in [1.807, 2.05) is 6.92 Å². The maximum absolute atomic E-state index is 11.1. The summed E-state index contributed by atoms with van der Waals surface area (Å²) in [6.07, 6.45) is 15.2. The van der Waals surface area contributed by atoms with Gasteiger partial charge in [-0.3, -0.25) is 9.59 Å². The Morgan fingerprint density at radius 2 is 1.09 bits per heavy atom. The summed E-state index contributed by atoms with van der Waals surface area (Å²) in [6.45, 7) is 4.37. The molecule has 0 saturated heterocycles. The Bertz CT molecular complexity index is 289. The van der Waals surface area contributed by atoms with Crippen molar-refractivity contribution in [1.29, 1.82) is 0 Å². The smallest absolute Gasteiger partial charge is 0.305 e. The molecule has 0 fully saturated rings. The van der Waals surface area contributed by atoms with Gasteiger partial charge in [0.1, 0.15) is 0 Å². The van der Waals surface area contributed by atoms with Gasteiger partial charge in [-0.1, -0.05) is 64.2 Å². The van der Waals surface area contributed by atoms with E-state index in [1.165, 1.54) is 58.3 Å². The van der Waals surface area contributed by atoms with Crippen LogP contribution in [-0.2, 0) is 19.1 Å². The summed E-state index contributed by atoms with van der Waals surface area (Å²) in [5, 5.41) is 0. The van der Waals surface area contributed by atoms with Crippen LogP contribution < -0.4 is 0 Å². The van der Waals surface area contributed by atoms with Crippen molar-refractivity contribution >= 4 is 11.9 Å². The van der Waals surface area contributed by atoms with Gasteiger partial charge in [-0.2, -0.15) is 0 Å². The summed E-state index contributed by atoms with van der Waals surface area (Å²) in [7, 11) is 0. The van der Waals surface area contributed by atoms with Gasteiger partial charge in [0.2, 0.25) is 0 Å². The molecule has 0 amide bonds. The first-order valence-corrected chi connectivity index (χ1v) is 9.45. The van der Waals surface area contributed by atoms with E-state index in [1.54, 1.807) is 0 Å². The summed E-state index contributed by atoms with van der Waals surface area (Å²) >= 11 is 0. The van der Waals surface area contributed by atoms with Gasteiger partial charge in [0.25, 0.3) is 0 Å². The first-order chi connectivity index (χ1) is 11.2. The summed E-state index contributed by atoms with van der Waals surface area (Å²) in [6, 6.07) is 0. The van der Waals surface area contributed by atoms with Crippen LogP contribution in [-0.4, -0.2) is 25.2 Å². The molecule has 0 aromatic rings. The molecule has 136 valence electrons. The van der Waals surface area contributed by atoms with Crippen molar-refractivity contribution in [2.75, 3.05) is 13.2 Å². The van der Waals surface area contributed by atoms with Gasteiger partial charge in [-0.05, 0) is 19.8 Å². The molecule has 0 bridgehead atoms. The van der Waals surface area contributed by atoms with E-state index in [-0.39, 0.29) is 11.9 Å². The Hall–Kier alpha value is -1.06. The minimum Gasteiger partial charge on any atom is -0.466 e. The fourth-order valence-corrected chi connectivity index (χ4v) is 2.59. The molecule has 0 N–H and O–H groups in total. The van der Waals surface area contributed by atoms with Gasteiger partial charge in [0.15, 0.2) is 0 Å². The summed E-state index contributed by atoms with van der Waals surface area (Å²) in [4.78, 5) is 21.7. The fourth-order valence-electron chi connectivity index (χ4n) is 2.59. The number of carbonyl (C=O) groups excluding carboxylic acids is 2. The lowest BCUT2D eigenvalue weighted by Crippen LogP contribution is -2.03. The SMILES string of the molecule is CCOC(=O)CCCCCCCCCCCCCCOC(C)=O. The van der Waals surface area contributed by atoms with Crippen LogP contribution in [0, 0.1) is 0 Å². The van der Waals surface area contributed by atoms with Crippen LogP contribution in [0.5, 0.6) is 0 Å². The Morgan fingerprint density at radius 1 is 0.652 bits per heavy atom. The minimum absolute atomic E-state index is 0.0552. The van der Waals surface area contributed by atoms with Crippen LogP contribution in [0.2, 0.25) is 0 Å². The van der Waals surface area contributed by atoms with E-state index < -0.39 is 0 Å². The number of ether oxygens (including phenoxy) is 2. The van der Waals surface area contributed by atoms with E-state index in [0.29, 0.717) is 19.6 Å². The van der Waals surface area contributed by atoms with Crippen LogP contribution in [0.4, 0.5) is 0 Å². The molecule has 0 rings (SSSR count). The molecule has 4 nitrogen and oxygen atoms in total. The molecule has 23 heavy (non-hydrogen) atoms. The summed E-state index contributed by atoms with van der Waals surface area (Å²) in [5.41, 5.74) is 0. The van der Waals surface area contributed by atoms with Gasteiger partial charge in [-0.15, -0.1) is 0 Å². The van der Waals surface area contributed by atoms with E-state index >= 15 is 0 Å². The standard InChI is InChI=1S/C19H36O4/c1-3-22-19(21)16-14-12-10-8-6-4-5-7-9-11-13-15-17-23-18(2)20/h3-17H2,1-2H3. The van der Waals surface area contributed by atoms with Crippen molar-refractivity contribution in [1.82, 2.24) is 0 Å². The molecule has 0 aromatic heterocycles. The zero-order valence-corrected chi connectivity index (χ0v) is 15.2. The normalized spacial score (nSPS) is 10.5. The summed E-state index contributed by atoms with van der Waals surface area (Å²) < 4.78 is 9.81. The topological polar surface area (TPSA) is 52.6 Å². The molecular formula is C19H36O4. The lowest BCUT2D eigenvalue weighted by Gasteiger charge is -2.04. The molecule has 0 aromatic carbocycles. The number of carbonyl (C=O) groups is 2. The monoisotopic (exact) mass is 328 g/mol. The molecule has 0 aliphatic carbocycles. The lowest BCUT2D eigenvalue weighted by molar-refractivity contribution is -0.143. The number of hydrogen-bond acceptors (Lipinski definition) is 4. The molecule has 0 radical (unpaired) electrons. The average molecular weight is 328 g/mol. The number of hydrogen-bond donors (Lipinski definition) is 0. The second-order valence-electron chi connectivity index (χ2n) is 6.14. The second kappa shape index (κ2) is 17.3. The molecule has 0 aliphatic rings. The third-order valence-electron chi connectivity index (χ3n) is 3.89. The van der Waals surface area contributed by atoms with Crippen molar-refractivity contribution in [3.05, 3.63) is 0 Å².